The fourth-order valence-corrected chi connectivity index (χ4v) is 2.72. The molecule has 96 valence electrons. The number of nitrogens with zero attached hydrogens (tertiary/aromatic N) is 1. The number of rotatable bonds is 4. The van der Waals surface area contributed by atoms with E-state index in [2.05, 4.69) is 15.6 Å². The van der Waals surface area contributed by atoms with E-state index in [1.54, 1.807) is 6.07 Å². The van der Waals surface area contributed by atoms with Crippen molar-refractivity contribution in [3.8, 4) is 0 Å². The largest absolute Gasteiger partial charge is 0.319 e. The monoisotopic (exact) mass is 283 g/mol. The minimum atomic E-state index is -0.0920. The molecule has 1 unspecified atom stereocenters. The smallest absolute Gasteiger partial charge is 0.230 e. The molecule has 6 heteroatoms. The average molecular weight is 284 g/mol. The average Bonchev–Trinajstić information content (AvgIpc) is 2.70. The topological polar surface area (TPSA) is 54.0 Å². The number of anilines is 1. The van der Waals surface area contributed by atoms with Crippen molar-refractivity contribution in [1.29, 1.82) is 0 Å². The van der Waals surface area contributed by atoms with Gasteiger partial charge >= 0.3 is 0 Å². The van der Waals surface area contributed by atoms with Crippen molar-refractivity contribution in [3.05, 3.63) is 23.2 Å². The number of benzene rings is 1. The molecule has 2 N–H and O–H groups in total. The molecule has 0 aliphatic carbocycles. The number of carbonyl (C=O) groups is 1. The van der Waals surface area contributed by atoms with E-state index in [0.717, 1.165) is 10.2 Å². The summed E-state index contributed by atoms with van der Waals surface area (Å²) < 4.78 is 0.971. The number of carbonyl (C=O) groups excluding carboxylic acids is 1. The lowest BCUT2D eigenvalue weighted by Crippen LogP contribution is -2.28. The second-order valence-electron chi connectivity index (χ2n) is 4.08. The van der Waals surface area contributed by atoms with Crippen LogP contribution in [0.15, 0.2) is 18.2 Å². The summed E-state index contributed by atoms with van der Waals surface area (Å²) in [5.74, 6) is -0.125. The van der Waals surface area contributed by atoms with Crippen LogP contribution in [0.5, 0.6) is 0 Å². The predicted molar refractivity (Wildman–Crippen MR) is 76.4 cm³/mol. The molecule has 1 aromatic carbocycles. The molecule has 0 saturated carbocycles. The van der Waals surface area contributed by atoms with Gasteiger partial charge in [0, 0.05) is 17.5 Å². The molecule has 0 fully saturated rings. The van der Waals surface area contributed by atoms with Gasteiger partial charge in [0.05, 0.1) is 10.2 Å². The van der Waals surface area contributed by atoms with E-state index in [1.807, 2.05) is 26.1 Å². The summed E-state index contributed by atoms with van der Waals surface area (Å²) >= 11 is 7.34. The van der Waals surface area contributed by atoms with Crippen molar-refractivity contribution in [2.75, 3.05) is 18.9 Å². The Labute approximate surface area is 114 Å². The third-order valence-electron chi connectivity index (χ3n) is 2.54. The van der Waals surface area contributed by atoms with Gasteiger partial charge in [0.25, 0.3) is 0 Å². The molecule has 1 amide bonds. The molecule has 1 atom stereocenters. The van der Waals surface area contributed by atoms with Gasteiger partial charge in [-0.25, -0.2) is 4.98 Å². The predicted octanol–water partition coefficient (Wildman–Crippen LogP) is 2.74. The van der Waals surface area contributed by atoms with Crippen LogP contribution >= 0.6 is 22.9 Å². The summed E-state index contributed by atoms with van der Waals surface area (Å²) in [4.78, 5) is 16.2. The van der Waals surface area contributed by atoms with Gasteiger partial charge in [-0.3, -0.25) is 4.79 Å². The molecular weight excluding hydrogens is 270 g/mol. The van der Waals surface area contributed by atoms with Crippen molar-refractivity contribution in [1.82, 2.24) is 10.3 Å². The van der Waals surface area contributed by atoms with Gasteiger partial charge < -0.3 is 10.6 Å². The van der Waals surface area contributed by atoms with Gasteiger partial charge in [0.15, 0.2) is 5.13 Å². The van der Waals surface area contributed by atoms with E-state index in [0.29, 0.717) is 16.7 Å². The van der Waals surface area contributed by atoms with Crippen LogP contribution in [-0.2, 0) is 4.79 Å². The lowest BCUT2D eigenvalue weighted by Gasteiger charge is -2.08. The molecule has 1 aromatic heterocycles. The maximum atomic E-state index is 11.8. The third kappa shape index (κ3) is 2.98. The first-order valence-corrected chi connectivity index (χ1v) is 6.81. The highest BCUT2D eigenvalue weighted by Gasteiger charge is 2.14. The first kappa shape index (κ1) is 13.3. The van der Waals surface area contributed by atoms with Gasteiger partial charge in [-0.15, -0.1) is 0 Å². The number of thiazole rings is 1. The van der Waals surface area contributed by atoms with Gasteiger partial charge in [-0.2, -0.15) is 0 Å². The Balaban J connectivity index is 2.14. The number of nitrogens with one attached hydrogen (secondary N) is 2. The zero-order chi connectivity index (χ0) is 13.1. The van der Waals surface area contributed by atoms with Crippen LogP contribution in [0.4, 0.5) is 5.13 Å². The standard InChI is InChI=1S/C12H14ClN3OS/c1-7(6-14-2)11(17)16-12-15-9-4-3-8(13)5-10(9)18-12/h3-5,7,14H,6H2,1-2H3,(H,15,16,17). The Kier molecular flexibility index (Phi) is 4.16. The third-order valence-corrected chi connectivity index (χ3v) is 3.71. The van der Waals surface area contributed by atoms with Crippen LogP contribution in [0.1, 0.15) is 6.92 Å². The van der Waals surface area contributed by atoms with Gasteiger partial charge in [-0.1, -0.05) is 29.9 Å². The molecule has 2 aromatic rings. The van der Waals surface area contributed by atoms with Crippen molar-refractivity contribution in [2.24, 2.45) is 5.92 Å². The second kappa shape index (κ2) is 5.65. The Morgan fingerprint density at radius 1 is 1.56 bits per heavy atom. The van der Waals surface area contributed by atoms with E-state index in [1.165, 1.54) is 11.3 Å². The maximum Gasteiger partial charge on any atom is 0.230 e. The Bertz CT molecular complexity index is 569. The summed E-state index contributed by atoms with van der Waals surface area (Å²) in [6.07, 6.45) is 0. The van der Waals surface area contributed by atoms with Crippen molar-refractivity contribution < 1.29 is 4.79 Å². The van der Waals surface area contributed by atoms with Crippen LogP contribution in [0, 0.1) is 5.92 Å². The summed E-state index contributed by atoms with van der Waals surface area (Å²) in [5.41, 5.74) is 0.848. The number of hydrogen-bond donors (Lipinski definition) is 2. The number of halogens is 1. The van der Waals surface area contributed by atoms with Crippen LogP contribution in [0.25, 0.3) is 10.2 Å². The zero-order valence-electron chi connectivity index (χ0n) is 10.2. The minimum absolute atomic E-state index is 0.0329. The van der Waals surface area contributed by atoms with Crippen molar-refractivity contribution >= 4 is 44.2 Å². The lowest BCUT2D eigenvalue weighted by atomic mass is 10.2. The quantitative estimate of drug-likeness (QED) is 0.907. The van der Waals surface area contributed by atoms with Gasteiger partial charge in [0.2, 0.25) is 5.91 Å². The molecule has 0 spiro atoms. The van der Waals surface area contributed by atoms with Crippen LogP contribution in [0.3, 0.4) is 0 Å². The molecule has 0 bridgehead atoms. The Morgan fingerprint density at radius 2 is 2.33 bits per heavy atom. The highest BCUT2D eigenvalue weighted by molar-refractivity contribution is 7.22. The number of fused-ring (bicyclic) bond motifs is 1. The summed E-state index contributed by atoms with van der Waals surface area (Å²) in [7, 11) is 1.82. The zero-order valence-corrected chi connectivity index (χ0v) is 11.7. The fraction of sp³-hybridized carbons (Fsp3) is 0.333. The van der Waals surface area contributed by atoms with E-state index in [-0.39, 0.29) is 11.8 Å². The molecule has 1 heterocycles. The van der Waals surface area contributed by atoms with Gasteiger partial charge in [0.1, 0.15) is 0 Å². The minimum Gasteiger partial charge on any atom is -0.319 e. The molecule has 18 heavy (non-hydrogen) atoms. The fourth-order valence-electron chi connectivity index (χ4n) is 1.58. The molecule has 2 rings (SSSR count). The first-order chi connectivity index (χ1) is 8.60. The number of amides is 1. The molecule has 0 radical (unpaired) electrons. The molecule has 0 saturated heterocycles. The highest BCUT2D eigenvalue weighted by Crippen LogP contribution is 2.28. The Hall–Kier alpha value is -1.17. The van der Waals surface area contributed by atoms with E-state index < -0.39 is 0 Å². The summed E-state index contributed by atoms with van der Waals surface area (Å²) in [5, 5.41) is 7.08. The molecule has 4 nitrogen and oxygen atoms in total. The number of hydrogen-bond acceptors (Lipinski definition) is 4. The van der Waals surface area contributed by atoms with Crippen molar-refractivity contribution in [2.45, 2.75) is 6.92 Å². The first-order valence-electron chi connectivity index (χ1n) is 5.61. The molecule has 0 aliphatic rings. The second-order valence-corrected chi connectivity index (χ2v) is 5.55. The van der Waals surface area contributed by atoms with Crippen LogP contribution < -0.4 is 10.6 Å². The van der Waals surface area contributed by atoms with E-state index >= 15 is 0 Å². The Morgan fingerprint density at radius 3 is 3.06 bits per heavy atom. The number of aromatic nitrogens is 1. The SMILES string of the molecule is CNCC(C)C(=O)Nc1nc2ccc(Cl)cc2s1. The molecule has 0 aliphatic heterocycles. The van der Waals surface area contributed by atoms with Gasteiger partial charge in [-0.05, 0) is 25.2 Å². The lowest BCUT2D eigenvalue weighted by molar-refractivity contribution is -0.119. The van der Waals surface area contributed by atoms with E-state index in [9.17, 15) is 4.79 Å². The normalized spacial score (nSPS) is 12.6. The van der Waals surface area contributed by atoms with Crippen LogP contribution in [-0.4, -0.2) is 24.5 Å². The van der Waals surface area contributed by atoms with Crippen molar-refractivity contribution in [3.63, 3.8) is 0 Å². The van der Waals surface area contributed by atoms with E-state index in [4.69, 9.17) is 11.6 Å². The molecular formula is C12H14ClN3OS. The summed E-state index contributed by atoms with van der Waals surface area (Å²) in [6, 6.07) is 5.49. The summed E-state index contributed by atoms with van der Waals surface area (Å²) in [6.45, 7) is 2.51. The highest BCUT2D eigenvalue weighted by atomic mass is 35.5. The van der Waals surface area contributed by atoms with Crippen LogP contribution in [0.2, 0.25) is 5.02 Å². The maximum absolute atomic E-state index is 11.8.